The van der Waals surface area contributed by atoms with Crippen molar-refractivity contribution in [3.05, 3.63) is 47.5 Å². The number of anilines is 2. The summed E-state index contributed by atoms with van der Waals surface area (Å²) < 4.78 is 0. The Morgan fingerprint density at radius 1 is 0.784 bits per heavy atom. The average Bonchev–Trinajstić information content (AvgIpc) is 2.87. The summed E-state index contributed by atoms with van der Waals surface area (Å²) in [6.07, 6.45) is 0.422. The number of amides is 3. The molecular weight excluding hydrogens is 515 g/mol. The Balaban J connectivity index is -0.000000540. The molecule has 0 unspecified atom stereocenters. The monoisotopic (exact) mass is 553 g/mol. The Morgan fingerprint density at radius 3 is 1.59 bits per heavy atom. The first-order chi connectivity index (χ1) is 17.1. The second kappa shape index (κ2) is 21.5. The van der Waals surface area contributed by atoms with Crippen molar-refractivity contribution in [2.45, 2.75) is 55.4 Å². The molecule has 0 heterocycles. The first-order valence-electron chi connectivity index (χ1n) is 11.3. The van der Waals surface area contributed by atoms with Crippen LogP contribution in [-0.4, -0.2) is 39.9 Å². The van der Waals surface area contributed by atoms with Crippen LogP contribution < -0.4 is 21.9 Å². The molecule has 0 saturated heterocycles. The minimum absolute atomic E-state index is 0. The van der Waals surface area contributed by atoms with Crippen LogP contribution in [0.15, 0.2) is 46.6 Å². The van der Waals surface area contributed by atoms with Gasteiger partial charge in [-0.15, -0.1) is 0 Å². The fourth-order valence-electron chi connectivity index (χ4n) is 2.10. The Morgan fingerprint density at radius 2 is 1.19 bits per heavy atom. The summed E-state index contributed by atoms with van der Waals surface area (Å²) in [4.78, 5) is 33.4. The number of rotatable bonds is 6. The van der Waals surface area contributed by atoms with Crippen LogP contribution in [0.2, 0.25) is 0 Å². The summed E-state index contributed by atoms with van der Waals surface area (Å²) in [5, 5.41) is 29.0. The van der Waals surface area contributed by atoms with Gasteiger partial charge < -0.3 is 21.3 Å². The molecule has 11 nitrogen and oxygen atoms in total. The summed E-state index contributed by atoms with van der Waals surface area (Å²) in [6, 6.07) is 9.04. The molecule has 0 aromatic heterocycles. The third-order valence-electron chi connectivity index (χ3n) is 3.57. The Bertz CT molecular complexity index is 1050. The van der Waals surface area contributed by atoms with Gasteiger partial charge in [-0.05, 0) is 52.0 Å². The maximum atomic E-state index is 11.6. The number of hydrogen-bond donors (Lipinski definition) is 6. The number of phenolic OH excluding ortho intramolecular Hbond substituents is 2. The number of carbonyl (C=O) groups is 3. The number of hydrazone groups is 2. The first-order valence-corrected chi connectivity index (χ1v) is 11.3. The molecule has 0 spiro atoms. The van der Waals surface area contributed by atoms with Gasteiger partial charge in [0.15, 0.2) is 11.5 Å². The number of nitrogens with two attached hydrogens (primary N) is 1. The van der Waals surface area contributed by atoms with Crippen LogP contribution in [-0.2, 0) is 23.4 Å². The minimum atomic E-state index is -0.543. The zero-order valence-corrected chi connectivity index (χ0v) is 24.0. The summed E-state index contributed by atoms with van der Waals surface area (Å²) in [6.45, 7) is 15.0. The summed E-state index contributed by atoms with van der Waals surface area (Å²) in [5.74, 6) is -1.54. The predicted molar refractivity (Wildman–Crippen MR) is 146 cm³/mol. The molecule has 203 valence electrons. The van der Waals surface area contributed by atoms with Crippen LogP contribution in [0, 0.1) is 0 Å². The summed E-state index contributed by atoms with van der Waals surface area (Å²) >= 11 is 0. The van der Waals surface area contributed by atoms with Crippen molar-refractivity contribution in [3.63, 3.8) is 0 Å². The van der Waals surface area contributed by atoms with Gasteiger partial charge in [-0.3, -0.25) is 14.4 Å². The number of nitrogens with one attached hydrogen (secondary N) is 3. The molecule has 0 bridgehead atoms. The zero-order valence-electron chi connectivity index (χ0n) is 22.6. The number of aromatic hydroxyl groups is 2. The van der Waals surface area contributed by atoms with Gasteiger partial charge in [-0.1, -0.05) is 39.8 Å². The fourth-order valence-corrected chi connectivity index (χ4v) is 2.10. The van der Waals surface area contributed by atoms with Gasteiger partial charge in [0, 0.05) is 30.0 Å². The molecule has 2 aromatic rings. The van der Waals surface area contributed by atoms with Gasteiger partial charge >= 0.3 is 0 Å². The zero-order chi connectivity index (χ0) is 28.3. The van der Waals surface area contributed by atoms with Crippen molar-refractivity contribution in [1.82, 2.24) is 10.9 Å². The molecule has 3 amide bonds. The van der Waals surface area contributed by atoms with E-state index in [4.69, 9.17) is 5.73 Å². The standard InChI is InChI=1S/C11H13N3O3.C10H13N3O2.2C2H6.V/c1-7(2)13-14-11(17)8-4-3-5-9(10(8)16)12-6-15;1-6(2)12-13-10(15)7-4-3-5-8(11)9(7)14;2*1-2;/h3-6,16H,1-2H3,(H,12,15)(H,14,17);3-5,14H,11H2,1-2H3,(H,13,15);2*1-2H3;. The molecule has 2 rings (SSSR count). The van der Waals surface area contributed by atoms with E-state index in [1.165, 1.54) is 24.3 Å². The molecule has 12 heteroatoms. The summed E-state index contributed by atoms with van der Waals surface area (Å²) in [5.41, 5.74) is 11.9. The third-order valence-corrected chi connectivity index (χ3v) is 3.57. The van der Waals surface area contributed by atoms with Crippen LogP contribution in [0.3, 0.4) is 0 Å². The van der Waals surface area contributed by atoms with E-state index >= 15 is 0 Å². The molecule has 0 saturated carbocycles. The average molecular weight is 554 g/mol. The quantitative estimate of drug-likeness (QED) is 0.102. The minimum Gasteiger partial charge on any atom is -0.505 e. The van der Waals surface area contributed by atoms with E-state index < -0.39 is 11.8 Å². The van der Waals surface area contributed by atoms with Crippen LogP contribution in [0.4, 0.5) is 11.4 Å². The van der Waals surface area contributed by atoms with E-state index in [0.717, 1.165) is 0 Å². The van der Waals surface area contributed by atoms with E-state index in [1.54, 1.807) is 39.8 Å². The van der Waals surface area contributed by atoms with E-state index in [-0.39, 0.29) is 52.6 Å². The van der Waals surface area contributed by atoms with Gasteiger partial charge in [0.1, 0.15) is 0 Å². The van der Waals surface area contributed by atoms with Crippen LogP contribution >= 0.6 is 0 Å². The summed E-state index contributed by atoms with van der Waals surface area (Å²) in [7, 11) is 0. The van der Waals surface area contributed by atoms with Crippen molar-refractivity contribution in [1.29, 1.82) is 0 Å². The van der Waals surface area contributed by atoms with Crippen molar-refractivity contribution in [2.24, 2.45) is 10.2 Å². The van der Waals surface area contributed by atoms with E-state index in [1.807, 2.05) is 27.7 Å². The maximum Gasteiger partial charge on any atom is 0.275 e. The Labute approximate surface area is 230 Å². The molecule has 7 N–H and O–H groups in total. The van der Waals surface area contributed by atoms with E-state index in [2.05, 4.69) is 26.4 Å². The molecule has 0 aliphatic heterocycles. The van der Waals surface area contributed by atoms with Crippen LogP contribution in [0.5, 0.6) is 11.5 Å². The van der Waals surface area contributed by atoms with Crippen molar-refractivity contribution in [3.8, 4) is 11.5 Å². The molecule has 37 heavy (non-hydrogen) atoms. The SMILES string of the molecule is CC.CC.CC(C)=NNC(=O)c1cccc(N)c1O.CC(C)=NNC(=O)c1cccc(NC=O)c1O.[V]. The number of phenols is 2. The van der Waals surface area contributed by atoms with E-state index in [9.17, 15) is 24.6 Å². The number of nitrogens with zero attached hydrogens (tertiary/aromatic N) is 2. The van der Waals surface area contributed by atoms with Gasteiger partial charge in [0.2, 0.25) is 6.41 Å². The number of nitrogen functional groups attached to an aromatic ring is 1. The molecule has 0 aliphatic rings. The van der Waals surface area contributed by atoms with Crippen molar-refractivity contribution < 1.29 is 43.2 Å². The number of benzene rings is 2. The smallest absolute Gasteiger partial charge is 0.275 e. The van der Waals surface area contributed by atoms with Crippen LogP contribution in [0.1, 0.15) is 76.1 Å². The third kappa shape index (κ3) is 14.4. The van der Waals surface area contributed by atoms with E-state index in [0.29, 0.717) is 17.8 Å². The van der Waals surface area contributed by atoms with Crippen molar-refractivity contribution >= 4 is 41.0 Å². The molecule has 0 atom stereocenters. The maximum absolute atomic E-state index is 11.6. The van der Waals surface area contributed by atoms with Crippen LogP contribution in [0.25, 0.3) is 0 Å². The normalized spacial score (nSPS) is 8.43. The molecule has 1 radical (unpaired) electrons. The second-order valence-corrected chi connectivity index (χ2v) is 6.71. The Hall–Kier alpha value is -3.83. The predicted octanol–water partition coefficient (Wildman–Crippen LogP) is 4.24. The fraction of sp³-hybridized carbons (Fsp3) is 0.320. The molecule has 0 aliphatic carbocycles. The van der Waals surface area contributed by atoms with Gasteiger partial charge in [0.25, 0.3) is 11.8 Å². The second-order valence-electron chi connectivity index (χ2n) is 6.71. The first kappa shape index (κ1) is 37.7. The molecule has 0 fully saturated rings. The van der Waals surface area contributed by atoms with Crippen molar-refractivity contribution in [2.75, 3.05) is 11.1 Å². The largest absolute Gasteiger partial charge is 0.505 e. The topological polar surface area (TPSA) is 178 Å². The van der Waals surface area contributed by atoms with Gasteiger partial charge in [-0.2, -0.15) is 10.2 Å². The Kier molecular flexibility index (Phi) is 21.9. The molecular formula is C25H38N6O5V. The number of para-hydroxylation sites is 2. The van der Waals surface area contributed by atoms with Gasteiger partial charge in [0.05, 0.1) is 22.5 Å². The number of hydrogen-bond acceptors (Lipinski definition) is 8. The molecule has 2 aromatic carbocycles. The number of carbonyl (C=O) groups excluding carboxylic acids is 3. The van der Waals surface area contributed by atoms with Gasteiger partial charge in [-0.25, -0.2) is 10.9 Å².